The number of nitrogen functional groups attached to an aromatic ring is 1. The Balaban J connectivity index is 1.41. The van der Waals surface area contributed by atoms with E-state index >= 15 is 0 Å². The first kappa shape index (κ1) is 32.5. The van der Waals surface area contributed by atoms with E-state index in [9.17, 15) is 19.2 Å². The number of hydrazine groups is 1. The Kier molecular flexibility index (Phi) is 9.90. The molecule has 2 aliphatic rings. The smallest absolute Gasteiger partial charge is 0.410 e. The molecule has 15 heteroatoms. The average molecular weight is 648 g/mol. The van der Waals surface area contributed by atoms with E-state index in [1.807, 2.05) is 37.2 Å². The SMILES string of the molecule is C#CCN(C(=O)NC)N1CC(=O)N2[C@@H](Cc3ccc(OC(=O)NCCN(C)C)cc3)C(=O)N(Cc3cccc4sc(N)nc34)C[C@@H]21. The van der Waals surface area contributed by atoms with E-state index in [4.69, 9.17) is 16.9 Å². The van der Waals surface area contributed by atoms with Gasteiger partial charge in [0.15, 0.2) is 5.13 Å². The zero-order valence-electron chi connectivity index (χ0n) is 25.9. The molecule has 3 aromatic rings. The maximum Gasteiger partial charge on any atom is 0.412 e. The number of urea groups is 1. The highest BCUT2D eigenvalue weighted by Gasteiger charge is 2.52. The van der Waals surface area contributed by atoms with E-state index in [-0.39, 0.29) is 44.4 Å². The minimum atomic E-state index is -0.866. The number of hydrogen-bond acceptors (Lipinski definition) is 10. The summed E-state index contributed by atoms with van der Waals surface area (Å²) in [6, 6.07) is 11.2. The van der Waals surface area contributed by atoms with Gasteiger partial charge in [0.1, 0.15) is 18.0 Å². The second kappa shape index (κ2) is 14.0. The number of carbonyl (C=O) groups is 4. The van der Waals surface area contributed by atoms with Crippen LogP contribution in [-0.4, -0.2) is 120 Å². The molecule has 2 saturated heterocycles. The van der Waals surface area contributed by atoms with Gasteiger partial charge in [0.25, 0.3) is 0 Å². The van der Waals surface area contributed by atoms with Gasteiger partial charge in [-0.2, -0.15) is 5.01 Å². The summed E-state index contributed by atoms with van der Waals surface area (Å²) in [4.78, 5) is 62.4. The van der Waals surface area contributed by atoms with Gasteiger partial charge in [-0.1, -0.05) is 41.5 Å². The Labute approximate surface area is 271 Å². The number of para-hydroxylation sites is 1. The number of ether oxygens (including phenoxy) is 1. The lowest BCUT2D eigenvalue weighted by atomic mass is 9.99. The molecule has 2 atom stereocenters. The van der Waals surface area contributed by atoms with Crippen molar-refractivity contribution >= 4 is 50.6 Å². The lowest BCUT2D eigenvalue weighted by Gasteiger charge is -2.46. The molecule has 46 heavy (non-hydrogen) atoms. The molecule has 4 N–H and O–H groups in total. The maximum atomic E-state index is 14.2. The van der Waals surface area contributed by atoms with Gasteiger partial charge in [-0.15, -0.1) is 6.42 Å². The molecule has 2 fully saturated rings. The summed E-state index contributed by atoms with van der Waals surface area (Å²) < 4.78 is 6.28. The van der Waals surface area contributed by atoms with Crippen molar-refractivity contribution in [3.05, 3.63) is 53.6 Å². The lowest BCUT2D eigenvalue weighted by molar-refractivity contribution is -0.157. The predicted octanol–water partition coefficient (Wildman–Crippen LogP) is 1.14. The molecule has 2 aliphatic heterocycles. The standard InChI is InChI=1S/C31H37N9O5S/c1-5-14-38(30(43)33-2)39-19-26(41)40-23(16-20-9-11-22(12-10-20)45-31(44)34-13-15-36(3)4)28(42)37(18-25(39)40)17-21-7-6-8-24-27(21)35-29(32)46-24/h1,6-12,23,25H,13-19H2,2-4H3,(H2,32,35)(H,33,43)(H,34,44)/t23-,25+/m0/s1. The number of nitrogens with two attached hydrogens (primary N) is 1. The summed E-state index contributed by atoms with van der Waals surface area (Å²) in [5.41, 5.74) is 8.28. The van der Waals surface area contributed by atoms with Crippen LogP contribution < -0.4 is 21.1 Å². The Morgan fingerprint density at radius 1 is 1.20 bits per heavy atom. The zero-order chi connectivity index (χ0) is 33.0. The molecule has 0 radical (unpaired) electrons. The Morgan fingerprint density at radius 2 is 1.96 bits per heavy atom. The topological polar surface area (TPSA) is 157 Å². The van der Waals surface area contributed by atoms with Crippen LogP contribution in [0.15, 0.2) is 42.5 Å². The number of aromatic nitrogens is 1. The highest BCUT2D eigenvalue weighted by atomic mass is 32.1. The fourth-order valence-corrected chi connectivity index (χ4v) is 6.46. The second-order valence-corrected chi connectivity index (χ2v) is 12.3. The van der Waals surface area contributed by atoms with Gasteiger partial charge >= 0.3 is 12.1 Å². The number of terminal acetylenes is 1. The van der Waals surface area contributed by atoms with Gasteiger partial charge in [0, 0.05) is 33.1 Å². The van der Waals surface area contributed by atoms with E-state index in [1.54, 1.807) is 39.1 Å². The fourth-order valence-electron chi connectivity index (χ4n) is 5.68. The monoisotopic (exact) mass is 647 g/mol. The Morgan fingerprint density at radius 3 is 2.65 bits per heavy atom. The number of fused-ring (bicyclic) bond motifs is 2. The van der Waals surface area contributed by atoms with Gasteiger partial charge in [-0.05, 0) is 43.4 Å². The van der Waals surface area contributed by atoms with E-state index in [0.717, 1.165) is 21.3 Å². The van der Waals surface area contributed by atoms with Crippen LogP contribution in [0.3, 0.4) is 0 Å². The van der Waals surface area contributed by atoms with Crippen molar-refractivity contribution in [2.45, 2.75) is 25.2 Å². The van der Waals surface area contributed by atoms with Gasteiger partial charge in [0.05, 0.1) is 29.9 Å². The third kappa shape index (κ3) is 6.99. The molecule has 1 aromatic heterocycles. The third-order valence-electron chi connectivity index (χ3n) is 7.84. The molecule has 0 bridgehead atoms. The van der Waals surface area contributed by atoms with Gasteiger partial charge in [-0.3, -0.25) is 9.59 Å². The van der Waals surface area contributed by atoms with Gasteiger partial charge < -0.3 is 35.8 Å². The molecular weight excluding hydrogens is 610 g/mol. The van der Waals surface area contributed by atoms with Crippen LogP contribution in [0, 0.1) is 12.3 Å². The number of rotatable bonds is 10. The van der Waals surface area contributed by atoms with Crippen molar-refractivity contribution in [1.29, 1.82) is 0 Å². The Hall–Kier alpha value is -4.91. The van der Waals surface area contributed by atoms with Crippen molar-refractivity contribution in [3.8, 4) is 18.1 Å². The number of nitrogens with zero attached hydrogens (tertiary/aromatic N) is 6. The minimum Gasteiger partial charge on any atom is -0.410 e. The van der Waals surface area contributed by atoms with Gasteiger partial charge in [-0.25, -0.2) is 19.6 Å². The zero-order valence-corrected chi connectivity index (χ0v) is 26.7. The highest BCUT2D eigenvalue weighted by molar-refractivity contribution is 7.22. The van der Waals surface area contributed by atoms with E-state index in [2.05, 4.69) is 21.5 Å². The molecule has 5 rings (SSSR count). The number of benzene rings is 2. The van der Waals surface area contributed by atoms with Gasteiger partial charge in [0.2, 0.25) is 11.8 Å². The quantitative estimate of drug-likeness (QED) is 0.275. The predicted molar refractivity (Wildman–Crippen MR) is 173 cm³/mol. The molecular formula is C31H37N9O5S. The first-order chi connectivity index (χ1) is 22.1. The fraction of sp³-hybridized carbons (Fsp3) is 0.387. The number of amides is 5. The summed E-state index contributed by atoms with van der Waals surface area (Å²) in [7, 11) is 5.30. The second-order valence-electron chi connectivity index (χ2n) is 11.2. The van der Waals surface area contributed by atoms with E-state index in [1.165, 1.54) is 23.4 Å². The van der Waals surface area contributed by atoms with Crippen molar-refractivity contribution in [2.75, 3.05) is 59.6 Å². The highest BCUT2D eigenvalue weighted by Crippen LogP contribution is 2.32. The number of carbonyl (C=O) groups excluding carboxylic acids is 4. The first-order valence-corrected chi connectivity index (χ1v) is 15.5. The average Bonchev–Trinajstić information content (AvgIpc) is 3.57. The van der Waals surface area contributed by atoms with Crippen molar-refractivity contribution < 1.29 is 23.9 Å². The normalized spacial score (nSPS) is 18.1. The summed E-state index contributed by atoms with van der Waals surface area (Å²) in [5, 5.41) is 8.66. The number of likely N-dealkylation sites (N-methyl/N-ethyl adjacent to an activating group) is 1. The van der Waals surface area contributed by atoms with Crippen LogP contribution in [-0.2, 0) is 22.6 Å². The number of piperazine rings is 1. The summed E-state index contributed by atoms with van der Waals surface area (Å²) in [6.45, 7) is 1.31. The van der Waals surface area contributed by atoms with E-state index in [0.29, 0.717) is 24.0 Å². The van der Waals surface area contributed by atoms with Crippen LogP contribution in [0.5, 0.6) is 5.75 Å². The first-order valence-electron chi connectivity index (χ1n) is 14.7. The third-order valence-corrected chi connectivity index (χ3v) is 8.69. The van der Waals surface area contributed by atoms with Crippen molar-refractivity contribution in [1.82, 2.24) is 40.3 Å². The van der Waals surface area contributed by atoms with Crippen LogP contribution in [0.1, 0.15) is 11.1 Å². The molecule has 14 nitrogen and oxygen atoms in total. The van der Waals surface area contributed by atoms with Crippen LogP contribution in [0.4, 0.5) is 14.7 Å². The molecule has 5 amide bonds. The number of anilines is 1. The minimum absolute atomic E-state index is 0.0580. The van der Waals surface area contributed by atoms with E-state index < -0.39 is 24.3 Å². The molecule has 0 saturated carbocycles. The number of hydrogen-bond donors (Lipinski definition) is 3. The summed E-state index contributed by atoms with van der Waals surface area (Å²) in [6.07, 6.45) is 4.58. The molecule has 242 valence electrons. The number of nitrogens with one attached hydrogen (secondary N) is 2. The largest absolute Gasteiger partial charge is 0.412 e. The molecule has 2 aromatic carbocycles. The van der Waals surface area contributed by atoms with Crippen molar-refractivity contribution in [2.24, 2.45) is 0 Å². The summed E-state index contributed by atoms with van der Waals surface area (Å²) >= 11 is 1.37. The lowest BCUT2D eigenvalue weighted by Crippen LogP contribution is -2.66. The number of thiazole rings is 1. The summed E-state index contributed by atoms with van der Waals surface area (Å²) in [5.74, 6) is 2.30. The maximum absolute atomic E-state index is 14.2. The molecule has 0 aliphatic carbocycles. The molecule has 3 heterocycles. The van der Waals surface area contributed by atoms with Crippen LogP contribution >= 0.6 is 11.3 Å². The van der Waals surface area contributed by atoms with Crippen LogP contribution in [0.2, 0.25) is 0 Å². The molecule has 0 spiro atoms. The molecule has 0 unspecified atom stereocenters. The van der Waals surface area contributed by atoms with Crippen LogP contribution in [0.25, 0.3) is 10.2 Å². The van der Waals surface area contributed by atoms with Crippen molar-refractivity contribution in [3.63, 3.8) is 0 Å². The Bertz CT molecular complexity index is 1650.